The molecule has 1 heterocycles. The van der Waals surface area contributed by atoms with Gasteiger partial charge in [0, 0.05) is 12.4 Å². The molecule has 1 aromatic heterocycles. The predicted octanol–water partition coefficient (Wildman–Crippen LogP) is 0.257. The molecule has 1 rings (SSSR count). The number of aromatic nitrogens is 1. The lowest BCUT2D eigenvalue weighted by molar-refractivity contribution is 0.824. The summed E-state index contributed by atoms with van der Waals surface area (Å²) in [4.78, 5) is 3.65. The van der Waals surface area contributed by atoms with Crippen LogP contribution >= 0.6 is 0 Å². The van der Waals surface area contributed by atoms with E-state index in [4.69, 9.17) is 4.23 Å². The third kappa shape index (κ3) is 1.89. The second kappa shape index (κ2) is 3.31. The summed E-state index contributed by atoms with van der Waals surface area (Å²) >= 11 is 0. The van der Waals surface area contributed by atoms with Crippen molar-refractivity contribution in [2.45, 2.75) is 0 Å². The molecule has 7 heavy (non-hydrogen) atoms. The Labute approximate surface area is 46.5 Å². The van der Waals surface area contributed by atoms with Crippen LogP contribution in [0.1, 0.15) is 1.37 Å². The van der Waals surface area contributed by atoms with Crippen molar-refractivity contribution in [3.05, 3.63) is 30.6 Å². The van der Waals surface area contributed by atoms with Crippen LogP contribution in [0.5, 0.6) is 0 Å². The molecule has 0 saturated carbocycles. The van der Waals surface area contributed by atoms with Gasteiger partial charge >= 0.3 is 0 Å². The summed E-state index contributed by atoms with van der Waals surface area (Å²) in [5.74, 6) is 0. The monoisotopic (exact) mass is 100 g/mol. The summed E-state index contributed by atoms with van der Waals surface area (Å²) in [5.41, 5.74) is 2.75. The molecule has 0 saturated heterocycles. The Kier molecular flexibility index (Phi) is 1.15. The Morgan fingerprint density at radius 1 is 1.57 bits per heavy atom. The summed E-state index contributed by atoms with van der Waals surface area (Å²) in [6.45, 7) is 0. The molecule has 0 bridgehead atoms. The van der Waals surface area contributed by atoms with Gasteiger partial charge in [0.1, 0.15) is 0 Å². The average Bonchev–Trinajstić information content (AvgIpc) is 1.91. The molecule has 0 fully saturated rings. The number of rotatable bonds is 0. The maximum atomic E-state index is 6.88. The predicted molar refractivity (Wildman–Crippen MR) is 27.9 cm³/mol. The molecule has 1 aromatic rings. The maximum Gasteiger partial charge on any atom is 0.206 e. The standard InChI is InChI=1S/C5H5N.H2O/c1-2-4-6-5-3-1;/h1-5H;1H2/i4D;/hD2. The van der Waals surface area contributed by atoms with Crippen molar-refractivity contribution in [1.82, 2.24) is 4.98 Å². The Morgan fingerprint density at radius 3 is 2.71 bits per heavy atom. The highest BCUT2D eigenvalue weighted by Crippen LogP contribution is 1.73. The molecule has 0 spiro atoms. The van der Waals surface area contributed by atoms with Crippen LogP contribution in [0.15, 0.2) is 30.6 Å². The van der Waals surface area contributed by atoms with E-state index < -0.39 is 0 Å². The van der Waals surface area contributed by atoms with Crippen molar-refractivity contribution in [2.75, 3.05) is 0 Å². The third-order valence-electron chi connectivity index (χ3n) is 0.517. The SMILES string of the molecule is [2H]O[2H].[2H]c1ccccn1. The fraction of sp³-hybridized carbons (Fsp3) is 0. The minimum absolute atomic E-state index is 0.322. The summed E-state index contributed by atoms with van der Waals surface area (Å²) in [6.07, 6.45) is 1.92. The van der Waals surface area contributed by atoms with Crippen LogP contribution in [-0.2, 0) is 0 Å². The van der Waals surface area contributed by atoms with E-state index in [1.165, 1.54) is 0 Å². The van der Waals surface area contributed by atoms with Crippen LogP contribution in [0.2, 0.25) is 0 Å². The first-order valence-electron chi connectivity index (χ1n) is 3.09. The minimum Gasteiger partial charge on any atom is -0.412 e. The van der Waals surface area contributed by atoms with E-state index in [1.54, 1.807) is 24.4 Å². The van der Waals surface area contributed by atoms with Crippen molar-refractivity contribution >= 4 is 0 Å². The molecule has 2 nitrogen and oxygen atoms in total. The molecule has 0 unspecified atom stereocenters. The van der Waals surface area contributed by atoms with Crippen molar-refractivity contribution < 1.29 is 6.85 Å². The molecule has 0 aliphatic rings. The molecule has 2 heteroatoms. The highest BCUT2D eigenvalue weighted by atomic mass is 16.0. The zero-order valence-corrected chi connectivity index (χ0v) is 3.66. The van der Waals surface area contributed by atoms with Crippen LogP contribution in [-0.4, -0.2) is 13.3 Å². The Hall–Kier alpha value is -0.890. The van der Waals surface area contributed by atoms with Crippen molar-refractivity contribution in [2.24, 2.45) is 0 Å². The van der Waals surface area contributed by atoms with Crippen molar-refractivity contribution in [3.8, 4) is 0 Å². The maximum absolute atomic E-state index is 6.88. The Bertz CT molecular complexity index is 158. The molecule has 0 amide bonds. The van der Waals surface area contributed by atoms with Gasteiger partial charge in [-0.1, -0.05) is 6.07 Å². The van der Waals surface area contributed by atoms with Gasteiger partial charge in [-0.2, -0.15) is 0 Å². The second-order valence-electron chi connectivity index (χ2n) is 0.959. The Morgan fingerprint density at radius 2 is 2.43 bits per heavy atom. The van der Waals surface area contributed by atoms with Gasteiger partial charge in [-0.05, 0) is 12.1 Å². The van der Waals surface area contributed by atoms with Crippen LogP contribution in [0.25, 0.3) is 0 Å². The molecular formula is C5H7NO. The van der Waals surface area contributed by atoms with Gasteiger partial charge in [0.05, 0.1) is 1.37 Å². The number of hydrogen-bond donors (Lipinski definition) is 0. The summed E-state index contributed by atoms with van der Waals surface area (Å²) in [6, 6.07) is 5.22. The molecule has 0 radical (unpaired) electrons. The number of hydrogen-bond acceptors (Lipinski definition) is 1. The smallest absolute Gasteiger partial charge is 0.206 e. The molecule has 0 atom stereocenters. The lowest BCUT2D eigenvalue weighted by Crippen LogP contribution is -1.58. The quantitative estimate of drug-likeness (QED) is 0.461. The van der Waals surface area contributed by atoms with Gasteiger partial charge in [0.25, 0.3) is 0 Å². The molecule has 2 N–H and O–H groups in total. The van der Waals surface area contributed by atoms with Gasteiger partial charge < -0.3 is 5.48 Å². The lowest BCUT2D eigenvalue weighted by atomic mass is 10.5. The normalized spacial score (nSPS) is 11.7. The first-order valence-corrected chi connectivity index (χ1v) is 1.77. The molecule has 0 aliphatic carbocycles. The average molecular weight is 100 g/mol. The fourth-order valence-electron chi connectivity index (χ4n) is 0.277. The van der Waals surface area contributed by atoms with Gasteiger partial charge in [-0.25, -0.2) is 0 Å². The largest absolute Gasteiger partial charge is 0.412 e. The second-order valence-corrected chi connectivity index (χ2v) is 0.959. The zero-order chi connectivity index (χ0) is 7.82. The van der Waals surface area contributed by atoms with Gasteiger partial charge in [-0.15, -0.1) is 0 Å². The lowest BCUT2D eigenvalue weighted by Gasteiger charge is -1.70. The first kappa shape index (κ1) is 2.43. The highest BCUT2D eigenvalue weighted by molar-refractivity contribution is 4.88. The van der Waals surface area contributed by atoms with E-state index in [9.17, 15) is 0 Å². The molecular weight excluding hydrogens is 90.1 g/mol. The van der Waals surface area contributed by atoms with Crippen molar-refractivity contribution in [3.63, 3.8) is 0 Å². The van der Waals surface area contributed by atoms with Crippen LogP contribution < -0.4 is 0 Å². The summed E-state index contributed by atoms with van der Waals surface area (Å²) in [5, 5.41) is 0. The van der Waals surface area contributed by atoms with E-state index in [-0.39, 0.29) is 0 Å². The van der Waals surface area contributed by atoms with Gasteiger partial charge in [-0.3, -0.25) is 4.98 Å². The third-order valence-corrected chi connectivity index (χ3v) is 0.517. The molecule has 0 aromatic carbocycles. The van der Waals surface area contributed by atoms with Gasteiger partial charge in [0.2, 0.25) is 2.86 Å². The molecule has 38 valence electrons. The van der Waals surface area contributed by atoms with Crippen LogP contribution in [0.3, 0.4) is 0 Å². The van der Waals surface area contributed by atoms with E-state index in [0.717, 1.165) is 0 Å². The van der Waals surface area contributed by atoms with Crippen LogP contribution in [0.4, 0.5) is 0 Å². The first-order chi connectivity index (χ1) is 4.81. The fourth-order valence-corrected chi connectivity index (χ4v) is 0.277. The molecule has 0 aliphatic heterocycles. The van der Waals surface area contributed by atoms with Crippen molar-refractivity contribution in [1.29, 1.82) is 2.86 Å². The van der Waals surface area contributed by atoms with Gasteiger partial charge in [0.15, 0.2) is 0 Å². The van der Waals surface area contributed by atoms with E-state index in [1.807, 2.05) is 0 Å². The van der Waals surface area contributed by atoms with E-state index in [2.05, 4.69) is 10.5 Å². The topological polar surface area (TPSA) is 44.4 Å². The minimum atomic E-state index is 0.322. The summed E-state index contributed by atoms with van der Waals surface area (Å²) < 4.78 is 17.6. The van der Waals surface area contributed by atoms with E-state index in [0.29, 0.717) is 6.17 Å². The summed E-state index contributed by atoms with van der Waals surface area (Å²) in [7, 11) is 0. The Balaban J connectivity index is 0.000000236. The van der Waals surface area contributed by atoms with E-state index >= 15 is 0 Å². The number of pyridine rings is 1. The highest BCUT2D eigenvalue weighted by Gasteiger charge is 1.58. The zero-order valence-electron chi connectivity index (χ0n) is 6.66. The number of nitrogens with zero attached hydrogens (tertiary/aromatic N) is 1. The van der Waals surface area contributed by atoms with Crippen LogP contribution in [0, 0.1) is 0 Å².